The van der Waals surface area contributed by atoms with Crippen molar-refractivity contribution in [2.75, 3.05) is 0 Å². The zero-order valence-electron chi connectivity index (χ0n) is 10.5. The van der Waals surface area contributed by atoms with Gasteiger partial charge in [-0.3, -0.25) is 4.79 Å². The third kappa shape index (κ3) is 2.41. The van der Waals surface area contributed by atoms with Crippen LogP contribution in [-0.2, 0) is 4.79 Å². The Kier molecular flexibility index (Phi) is 3.35. The number of carbonyl (C=O) groups is 1. The SMILES string of the molecule is NC1CCC(=O)N(C2CC2)C1c1ccc(Br)cc1F. The van der Waals surface area contributed by atoms with Crippen molar-refractivity contribution in [1.29, 1.82) is 0 Å². The van der Waals surface area contributed by atoms with Gasteiger partial charge in [-0.1, -0.05) is 22.0 Å². The molecule has 102 valence electrons. The van der Waals surface area contributed by atoms with Gasteiger partial charge in [-0.15, -0.1) is 0 Å². The summed E-state index contributed by atoms with van der Waals surface area (Å²) in [6, 6.07) is 4.72. The Morgan fingerprint density at radius 3 is 2.68 bits per heavy atom. The van der Waals surface area contributed by atoms with Crippen LogP contribution < -0.4 is 5.73 Å². The monoisotopic (exact) mass is 326 g/mol. The van der Waals surface area contributed by atoms with Crippen LogP contribution in [0, 0.1) is 5.82 Å². The van der Waals surface area contributed by atoms with Crippen molar-refractivity contribution in [3.8, 4) is 0 Å². The number of halogens is 2. The number of nitrogens with zero attached hydrogens (tertiary/aromatic N) is 1. The minimum Gasteiger partial charge on any atom is -0.331 e. The van der Waals surface area contributed by atoms with Crippen LogP contribution in [-0.4, -0.2) is 22.9 Å². The third-order valence-corrected chi connectivity index (χ3v) is 4.40. The quantitative estimate of drug-likeness (QED) is 0.908. The summed E-state index contributed by atoms with van der Waals surface area (Å²) in [6.45, 7) is 0. The molecule has 2 unspecified atom stereocenters. The zero-order valence-corrected chi connectivity index (χ0v) is 12.1. The lowest BCUT2D eigenvalue weighted by atomic mass is 9.90. The van der Waals surface area contributed by atoms with Crippen molar-refractivity contribution in [3.05, 3.63) is 34.1 Å². The van der Waals surface area contributed by atoms with Crippen molar-refractivity contribution < 1.29 is 9.18 Å². The highest BCUT2D eigenvalue weighted by molar-refractivity contribution is 9.10. The first-order chi connectivity index (χ1) is 9.08. The number of hydrogen-bond acceptors (Lipinski definition) is 2. The molecule has 1 heterocycles. The van der Waals surface area contributed by atoms with E-state index in [-0.39, 0.29) is 29.8 Å². The summed E-state index contributed by atoms with van der Waals surface area (Å²) < 4.78 is 14.9. The van der Waals surface area contributed by atoms with E-state index < -0.39 is 0 Å². The van der Waals surface area contributed by atoms with E-state index in [0.29, 0.717) is 22.9 Å². The van der Waals surface area contributed by atoms with Gasteiger partial charge in [0.05, 0.1) is 6.04 Å². The maximum atomic E-state index is 14.2. The molecule has 1 saturated heterocycles. The first kappa shape index (κ1) is 13.1. The predicted molar refractivity (Wildman–Crippen MR) is 73.9 cm³/mol. The second kappa shape index (κ2) is 4.87. The van der Waals surface area contributed by atoms with E-state index in [4.69, 9.17) is 5.73 Å². The molecule has 0 spiro atoms. The number of piperidine rings is 1. The molecule has 19 heavy (non-hydrogen) atoms. The fourth-order valence-corrected chi connectivity index (χ4v) is 3.18. The molecule has 1 aromatic rings. The van der Waals surface area contributed by atoms with Crippen LogP contribution in [0.3, 0.4) is 0 Å². The predicted octanol–water partition coefficient (Wildman–Crippen LogP) is 2.74. The number of carbonyl (C=O) groups excluding carboxylic acids is 1. The first-order valence-corrected chi connectivity index (χ1v) is 7.39. The number of likely N-dealkylation sites (tertiary alicyclic amines) is 1. The van der Waals surface area contributed by atoms with Gasteiger partial charge in [0.15, 0.2) is 0 Å². The Morgan fingerprint density at radius 1 is 1.32 bits per heavy atom. The summed E-state index contributed by atoms with van der Waals surface area (Å²) in [5, 5.41) is 0. The molecule has 0 bridgehead atoms. The fraction of sp³-hybridized carbons (Fsp3) is 0.500. The summed E-state index contributed by atoms with van der Waals surface area (Å²) in [5.41, 5.74) is 6.70. The summed E-state index contributed by atoms with van der Waals surface area (Å²) in [5.74, 6) is -0.188. The first-order valence-electron chi connectivity index (χ1n) is 6.59. The van der Waals surface area contributed by atoms with E-state index in [1.807, 2.05) is 4.90 Å². The van der Waals surface area contributed by atoms with Crippen molar-refractivity contribution in [3.63, 3.8) is 0 Å². The molecule has 2 fully saturated rings. The van der Waals surface area contributed by atoms with Crippen molar-refractivity contribution in [2.24, 2.45) is 5.73 Å². The lowest BCUT2D eigenvalue weighted by molar-refractivity contribution is -0.138. The van der Waals surface area contributed by atoms with Gasteiger partial charge in [-0.2, -0.15) is 0 Å². The number of rotatable bonds is 2. The van der Waals surface area contributed by atoms with E-state index in [2.05, 4.69) is 15.9 Å². The van der Waals surface area contributed by atoms with Gasteiger partial charge in [0.2, 0.25) is 5.91 Å². The smallest absolute Gasteiger partial charge is 0.223 e. The Bertz CT molecular complexity index is 518. The van der Waals surface area contributed by atoms with E-state index in [9.17, 15) is 9.18 Å². The molecule has 2 atom stereocenters. The van der Waals surface area contributed by atoms with Gasteiger partial charge in [0.1, 0.15) is 5.82 Å². The molecular formula is C14H16BrFN2O. The molecule has 1 aromatic carbocycles. The molecule has 1 amide bonds. The molecule has 5 heteroatoms. The molecule has 0 radical (unpaired) electrons. The van der Waals surface area contributed by atoms with Crippen molar-refractivity contribution >= 4 is 21.8 Å². The number of benzene rings is 1. The highest BCUT2D eigenvalue weighted by Crippen LogP contribution is 2.40. The summed E-state index contributed by atoms with van der Waals surface area (Å²) in [7, 11) is 0. The van der Waals surface area contributed by atoms with Crippen LogP contribution in [0.4, 0.5) is 4.39 Å². The van der Waals surface area contributed by atoms with Gasteiger partial charge in [-0.25, -0.2) is 4.39 Å². The van der Waals surface area contributed by atoms with Gasteiger partial charge in [0, 0.05) is 28.5 Å². The summed E-state index contributed by atoms with van der Waals surface area (Å²) >= 11 is 3.25. The minimum atomic E-state index is -0.318. The Hall–Kier alpha value is -0.940. The summed E-state index contributed by atoms with van der Waals surface area (Å²) in [6.07, 6.45) is 3.12. The fourth-order valence-electron chi connectivity index (χ4n) is 2.84. The van der Waals surface area contributed by atoms with Crippen LogP contribution in [0.1, 0.15) is 37.3 Å². The lowest BCUT2D eigenvalue weighted by Gasteiger charge is -2.40. The van der Waals surface area contributed by atoms with Crippen LogP contribution >= 0.6 is 15.9 Å². The molecule has 2 N–H and O–H groups in total. The standard InChI is InChI=1S/C14H16BrFN2O/c15-8-1-4-10(11(16)7-8)14-12(17)5-6-13(19)18(14)9-2-3-9/h1,4,7,9,12,14H,2-3,5-6,17H2. The van der Waals surface area contributed by atoms with Crippen LogP contribution in [0.5, 0.6) is 0 Å². The van der Waals surface area contributed by atoms with Crippen LogP contribution in [0.2, 0.25) is 0 Å². The average molecular weight is 327 g/mol. The zero-order chi connectivity index (χ0) is 13.6. The topological polar surface area (TPSA) is 46.3 Å². The second-order valence-corrected chi connectivity index (χ2v) is 6.26. The van der Waals surface area contributed by atoms with Crippen LogP contribution in [0.15, 0.2) is 22.7 Å². The van der Waals surface area contributed by atoms with Crippen molar-refractivity contribution in [2.45, 2.75) is 43.8 Å². The molecule has 1 saturated carbocycles. The highest BCUT2D eigenvalue weighted by atomic mass is 79.9. The van der Waals surface area contributed by atoms with Crippen molar-refractivity contribution in [1.82, 2.24) is 4.90 Å². The van der Waals surface area contributed by atoms with Gasteiger partial charge in [0.25, 0.3) is 0 Å². The second-order valence-electron chi connectivity index (χ2n) is 5.35. The molecule has 3 nitrogen and oxygen atoms in total. The third-order valence-electron chi connectivity index (χ3n) is 3.91. The van der Waals surface area contributed by atoms with E-state index in [0.717, 1.165) is 12.8 Å². The highest BCUT2D eigenvalue weighted by Gasteiger charge is 2.43. The Labute approximate surface area is 120 Å². The maximum Gasteiger partial charge on any atom is 0.223 e. The Morgan fingerprint density at radius 2 is 2.05 bits per heavy atom. The lowest BCUT2D eigenvalue weighted by Crippen LogP contribution is -2.50. The van der Waals surface area contributed by atoms with Crippen LogP contribution in [0.25, 0.3) is 0 Å². The molecule has 1 aliphatic heterocycles. The molecule has 1 aliphatic carbocycles. The Balaban J connectivity index is 2.00. The van der Waals surface area contributed by atoms with Gasteiger partial charge < -0.3 is 10.6 Å². The average Bonchev–Trinajstić information content (AvgIpc) is 3.17. The van der Waals surface area contributed by atoms with E-state index in [1.54, 1.807) is 12.1 Å². The van der Waals surface area contributed by atoms with Gasteiger partial charge in [-0.05, 0) is 31.4 Å². The largest absolute Gasteiger partial charge is 0.331 e. The van der Waals surface area contributed by atoms with Gasteiger partial charge >= 0.3 is 0 Å². The normalized spacial score (nSPS) is 27.7. The number of amides is 1. The summed E-state index contributed by atoms with van der Waals surface area (Å²) in [4.78, 5) is 13.9. The number of nitrogens with two attached hydrogens (primary N) is 1. The van der Waals surface area contributed by atoms with E-state index in [1.165, 1.54) is 6.07 Å². The maximum absolute atomic E-state index is 14.2. The molecule has 3 rings (SSSR count). The molecular weight excluding hydrogens is 311 g/mol. The molecule has 2 aliphatic rings. The molecule has 0 aromatic heterocycles. The van der Waals surface area contributed by atoms with E-state index >= 15 is 0 Å². The number of hydrogen-bond donors (Lipinski definition) is 1. The minimum absolute atomic E-state index is 0.108.